The smallest absolute Gasteiger partial charge is 0.402 e. The number of hydrogen-bond acceptors (Lipinski definition) is 6. The van der Waals surface area contributed by atoms with E-state index in [0.717, 1.165) is 6.42 Å². The summed E-state index contributed by atoms with van der Waals surface area (Å²) in [6.45, 7) is -2.50. The van der Waals surface area contributed by atoms with E-state index in [1.54, 1.807) is 0 Å². The van der Waals surface area contributed by atoms with Gasteiger partial charge in [0.15, 0.2) is 6.61 Å². The van der Waals surface area contributed by atoms with Crippen molar-refractivity contribution in [3.05, 3.63) is 0 Å². The van der Waals surface area contributed by atoms with Gasteiger partial charge in [0.05, 0.1) is 11.0 Å². The molecule has 0 aromatic carbocycles. The maximum Gasteiger partial charge on any atom is 0.402 e. The SMILES string of the molecule is O=C(COC12CC3CC(C1)CC(C(=O)O)(C3)C2)OCC(F)(F)S(=O)(=O)O. The number of carbonyl (C=O) groups excluding carboxylic acids is 1. The second-order valence-corrected chi connectivity index (χ2v) is 9.34. The quantitative estimate of drug-likeness (QED) is 0.487. The summed E-state index contributed by atoms with van der Waals surface area (Å²) in [5.74, 6) is -1.71. The summed E-state index contributed by atoms with van der Waals surface area (Å²) in [5.41, 5.74) is -1.67. The molecule has 4 saturated carbocycles. The van der Waals surface area contributed by atoms with Gasteiger partial charge in [-0.25, -0.2) is 4.79 Å². The Balaban J connectivity index is 1.59. The zero-order valence-electron chi connectivity index (χ0n) is 13.8. The van der Waals surface area contributed by atoms with Crippen LogP contribution in [0.4, 0.5) is 8.78 Å². The van der Waals surface area contributed by atoms with E-state index in [9.17, 15) is 31.9 Å². The fourth-order valence-corrected chi connectivity index (χ4v) is 5.30. The maximum atomic E-state index is 13.1. The van der Waals surface area contributed by atoms with Gasteiger partial charge in [-0.3, -0.25) is 9.35 Å². The van der Waals surface area contributed by atoms with Crippen LogP contribution < -0.4 is 0 Å². The normalized spacial score (nSPS) is 36.1. The van der Waals surface area contributed by atoms with Crippen molar-refractivity contribution in [1.29, 1.82) is 0 Å². The molecule has 2 N–H and O–H groups in total. The van der Waals surface area contributed by atoms with Crippen molar-refractivity contribution >= 4 is 22.1 Å². The number of ether oxygens (including phenoxy) is 2. The molecule has 4 aliphatic carbocycles. The monoisotopic (exact) mass is 398 g/mol. The van der Waals surface area contributed by atoms with Crippen molar-refractivity contribution in [1.82, 2.24) is 0 Å². The summed E-state index contributed by atoms with van der Waals surface area (Å²) >= 11 is 0. The molecule has 2 atom stereocenters. The van der Waals surface area contributed by atoms with Gasteiger partial charge in [0.2, 0.25) is 0 Å². The molecular weight excluding hydrogens is 378 g/mol. The standard InChI is InChI=1S/C15H20F2O8S/c16-15(17,26(21,22)23)8-24-11(18)6-25-14-4-9-1-10(5-14)3-13(2-9,7-14)12(19)20/h9-10H,1-8H2,(H,19,20)(H,21,22,23). The first-order valence-electron chi connectivity index (χ1n) is 8.24. The number of carboxylic acid groups (broad SMARTS) is 1. The highest BCUT2D eigenvalue weighted by Crippen LogP contribution is 2.62. The number of alkyl halides is 2. The summed E-state index contributed by atoms with van der Waals surface area (Å²) in [5, 5.41) is 5.01. The Bertz CT molecular complexity index is 705. The first kappa shape index (κ1) is 19.4. The lowest BCUT2D eigenvalue weighted by Gasteiger charge is -2.59. The molecule has 0 aromatic rings. The van der Waals surface area contributed by atoms with E-state index < -0.39 is 51.5 Å². The van der Waals surface area contributed by atoms with Crippen molar-refractivity contribution in [2.75, 3.05) is 13.2 Å². The van der Waals surface area contributed by atoms with Crippen molar-refractivity contribution < 1.29 is 45.9 Å². The highest BCUT2D eigenvalue weighted by molar-refractivity contribution is 7.86. The molecule has 11 heteroatoms. The van der Waals surface area contributed by atoms with Crippen molar-refractivity contribution in [3.63, 3.8) is 0 Å². The topological polar surface area (TPSA) is 127 Å². The van der Waals surface area contributed by atoms with Crippen molar-refractivity contribution in [3.8, 4) is 0 Å². The molecular formula is C15H20F2O8S. The van der Waals surface area contributed by atoms with Crippen LogP contribution in [-0.4, -0.2) is 54.1 Å². The predicted molar refractivity (Wildman–Crippen MR) is 80.9 cm³/mol. The predicted octanol–water partition coefficient (Wildman–Crippen LogP) is 1.45. The molecule has 0 radical (unpaired) electrons. The van der Waals surface area contributed by atoms with Crippen LogP contribution in [0.25, 0.3) is 0 Å². The molecule has 0 heterocycles. The third kappa shape index (κ3) is 3.44. The minimum Gasteiger partial charge on any atom is -0.481 e. The first-order valence-corrected chi connectivity index (χ1v) is 9.68. The van der Waals surface area contributed by atoms with E-state index >= 15 is 0 Å². The van der Waals surface area contributed by atoms with E-state index in [1.807, 2.05) is 0 Å². The number of rotatable bonds is 7. The molecule has 0 spiro atoms. The van der Waals surface area contributed by atoms with Crippen molar-refractivity contribution in [2.24, 2.45) is 17.3 Å². The van der Waals surface area contributed by atoms with Gasteiger partial charge in [-0.1, -0.05) is 0 Å². The zero-order valence-corrected chi connectivity index (χ0v) is 14.6. The first-order chi connectivity index (χ1) is 11.9. The second-order valence-electron chi connectivity index (χ2n) is 7.79. The summed E-state index contributed by atoms with van der Waals surface area (Å²) in [6.07, 6.45) is 3.55. The fraction of sp³-hybridized carbons (Fsp3) is 0.867. The molecule has 0 amide bonds. The second kappa shape index (κ2) is 6.10. The van der Waals surface area contributed by atoms with Crippen LogP contribution in [0.2, 0.25) is 0 Å². The van der Waals surface area contributed by atoms with Gasteiger partial charge in [0.25, 0.3) is 0 Å². The summed E-state index contributed by atoms with van der Waals surface area (Å²) in [7, 11) is -5.68. The molecule has 0 saturated heterocycles. The largest absolute Gasteiger partial charge is 0.481 e. The Hall–Kier alpha value is -1.33. The Kier molecular flexibility index (Phi) is 4.56. The molecule has 0 aromatic heterocycles. The molecule has 26 heavy (non-hydrogen) atoms. The Morgan fingerprint density at radius 1 is 1.15 bits per heavy atom. The number of carbonyl (C=O) groups is 2. The average molecular weight is 398 g/mol. The lowest BCUT2D eigenvalue weighted by Crippen LogP contribution is -2.59. The van der Waals surface area contributed by atoms with Crippen LogP contribution in [0.15, 0.2) is 0 Å². The summed E-state index contributed by atoms with van der Waals surface area (Å²) in [4.78, 5) is 23.4. The Morgan fingerprint density at radius 2 is 1.73 bits per heavy atom. The Morgan fingerprint density at radius 3 is 2.23 bits per heavy atom. The molecule has 4 rings (SSSR count). The van der Waals surface area contributed by atoms with E-state index in [4.69, 9.17) is 9.29 Å². The Labute approximate surface area is 148 Å². The third-order valence-corrected chi connectivity index (χ3v) is 6.61. The van der Waals surface area contributed by atoms with Crippen molar-refractivity contribution in [2.45, 2.75) is 49.4 Å². The van der Waals surface area contributed by atoms with Crippen LogP contribution in [-0.2, 0) is 29.2 Å². The van der Waals surface area contributed by atoms with Crippen LogP contribution in [0.1, 0.15) is 38.5 Å². The third-order valence-electron chi connectivity index (χ3n) is 5.74. The maximum absolute atomic E-state index is 13.1. The molecule has 2 unspecified atom stereocenters. The van der Waals surface area contributed by atoms with Gasteiger partial charge < -0.3 is 14.6 Å². The zero-order chi connectivity index (χ0) is 19.4. The van der Waals surface area contributed by atoms with Gasteiger partial charge in [-0.15, -0.1) is 0 Å². The molecule has 8 nitrogen and oxygen atoms in total. The molecule has 4 fully saturated rings. The number of aliphatic carboxylic acids is 1. The van der Waals surface area contributed by atoms with E-state index in [1.165, 1.54) is 0 Å². The number of halogens is 2. The fourth-order valence-electron chi connectivity index (χ4n) is 5.09. The average Bonchev–Trinajstić information content (AvgIpc) is 2.48. The van der Waals surface area contributed by atoms with Gasteiger partial charge in [-0.05, 0) is 50.4 Å². The van der Waals surface area contributed by atoms with Gasteiger partial charge >= 0.3 is 27.3 Å². The van der Waals surface area contributed by atoms with Gasteiger partial charge in [0, 0.05) is 0 Å². The van der Waals surface area contributed by atoms with Crippen LogP contribution in [0.3, 0.4) is 0 Å². The molecule has 0 aliphatic heterocycles. The number of carboxylic acids is 1. The molecule has 4 bridgehead atoms. The van der Waals surface area contributed by atoms with Crippen LogP contribution >= 0.6 is 0 Å². The van der Waals surface area contributed by atoms with Crippen LogP contribution in [0, 0.1) is 17.3 Å². The highest BCUT2D eigenvalue weighted by atomic mass is 32.2. The number of esters is 1. The molecule has 148 valence electrons. The summed E-state index contributed by atoms with van der Waals surface area (Å²) < 4.78 is 65.3. The van der Waals surface area contributed by atoms with Gasteiger partial charge in [0.1, 0.15) is 6.61 Å². The van der Waals surface area contributed by atoms with Crippen LogP contribution in [0.5, 0.6) is 0 Å². The number of hydrogen-bond donors (Lipinski definition) is 2. The van der Waals surface area contributed by atoms with E-state index in [0.29, 0.717) is 25.7 Å². The minimum absolute atomic E-state index is 0.187. The molecule has 4 aliphatic rings. The van der Waals surface area contributed by atoms with E-state index in [-0.39, 0.29) is 18.3 Å². The van der Waals surface area contributed by atoms with E-state index in [2.05, 4.69) is 4.74 Å². The lowest BCUT2D eigenvalue weighted by molar-refractivity contribution is -0.211. The van der Waals surface area contributed by atoms with Gasteiger partial charge in [-0.2, -0.15) is 17.2 Å². The summed E-state index contributed by atoms with van der Waals surface area (Å²) in [6, 6.07) is 0. The minimum atomic E-state index is -5.68. The highest BCUT2D eigenvalue weighted by Gasteiger charge is 2.61. The lowest BCUT2D eigenvalue weighted by atomic mass is 9.48.